The van der Waals surface area contributed by atoms with Gasteiger partial charge in [-0.25, -0.2) is 4.79 Å². The number of nitrogens with one attached hydrogen (secondary N) is 1. The van der Waals surface area contributed by atoms with Gasteiger partial charge in [0.05, 0.1) is 10.6 Å². The maximum atomic E-state index is 13.3. The van der Waals surface area contributed by atoms with Crippen LogP contribution in [0.3, 0.4) is 0 Å². The van der Waals surface area contributed by atoms with Crippen molar-refractivity contribution >= 4 is 5.69 Å². The van der Waals surface area contributed by atoms with Crippen molar-refractivity contribution in [3.63, 3.8) is 0 Å². The van der Waals surface area contributed by atoms with Crippen LogP contribution in [0.25, 0.3) is 5.69 Å². The Balaban J connectivity index is 2.54. The van der Waals surface area contributed by atoms with Gasteiger partial charge in [-0.1, -0.05) is 0 Å². The van der Waals surface area contributed by atoms with E-state index in [-0.39, 0.29) is 5.69 Å². The Bertz CT molecular complexity index is 602. The molecule has 0 fully saturated rings. The van der Waals surface area contributed by atoms with Gasteiger partial charge in [0.15, 0.2) is 0 Å². The first-order valence-electron chi connectivity index (χ1n) is 4.30. The van der Waals surface area contributed by atoms with Crippen LogP contribution in [0.15, 0.2) is 35.4 Å². The zero-order chi connectivity index (χ0) is 11.7. The predicted molar refractivity (Wildman–Crippen MR) is 53.0 cm³/mol. The van der Waals surface area contributed by atoms with Gasteiger partial charge >= 0.3 is 11.4 Å². The highest BCUT2D eigenvalue weighted by Gasteiger charge is 2.14. The first-order chi connectivity index (χ1) is 7.59. The minimum absolute atomic E-state index is 0.231. The highest BCUT2D eigenvalue weighted by Crippen LogP contribution is 2.19. The highest BCUT2D eigenvalue weighted by atomic mass is 19.1. The minimum Gasteiger partial charge on any atom is -0.312 e. The van der Waals surface area contributed by atoms with Gasteiger partial charge in [0.2, 0.25) is 5.82 Å². The lowest BCUT2D eigenvalue weighted by atomic mass is 10.2. The van der Waals surface area contributed by atoms with Gasteiger partial charge < -0.3 is 4.98 Å². The molecule has 2 aromatic rings. The van der Waals surface area contributed by atoms with Crippen LogP contribution in [0.1, 0.15) is 0 Å². The van der Waals surface area contributed by atoms with Gasteiger partial charge in [-0.2, -0.15) is 4.39 Å². The minimum atomic E-state index is -0.976. The number of rotatable bonds is 2. The van der Waals surface area contributed by atoms with Crippen molar-refractivity contribution in [2.24, 2.45) is 0 Å². The number of halogens is 1. The molecule has 0 radical (unpaired) electrons. The first kappa shape index (κ1) is 10.1. The molecule has 6 nitrogen and oxygen atoms in total. The number of hydrogen-bond acceptors (Lipinski definition) is 3. The zero-order valence-electron chi connectivity index (χ0n) is 7.88. The second kappa shape index (κ2) is 3.61. The van der Waals surface area contributed by atoms with Crippen LogP contribution in [0.4, 0.5) is 10.1 Å². The van der Waals surface area contributed by atoms with E-state index in [9.17, 15) is 19.3 Å². The summed E-state index contributed by atoms with van der Waals surface area (Å²) in [5.74, 6) is -0.976. The average molecular weight is 223 g/mol. The first-order valence-corrected chi connectivity index (χ1v) is 4.30. The molecular weight excluding hydrogens is 217 g/mol. The number of H-pyrrole nitrogens is 1. The number of hydrogen-bond donors (Lipinski definition) is 1. The fourth-order valence-corrected chi connectivity index (χ4v) is 1.32. The number of aromatic amines is 1. The number of nitro groups is 1. The summed E-state index contributed by atoms with van der Waals surface area (Å²) in [6, 6.07) is 3.26. The second-order valence-corrected chi connectivity index (χ2v) is 3.03. The molecule has 0 saturated carbocycles. The predicted octanol–water partition coefficient (Wildman–Crippen LogP) is 1.21. The van der Waals surface area contributed by atoms with Crippen LogP contribution in [0, 0.1) is 15.9 Å². The molecule has 0 aliphatic rings. The summed E-state index contributed by atoms with van der Waals surface area (Å²) in [6.45, 7) is 0. The molecular formula is C9H6FN3O3. The fraction of sp³-hybridized carbons (Fsp3) is 0. The molecule has 1 aromatic heterocycles. The monoisotopic (exact) mass is 223 g/mol. The average Bonchev–Trinajstić information content (AvgIpc) is 2.63. The van der Waals surface area contributed by atoms with Crippen molar-refractivity contribution < 1.29 is 9.31 Å². The molecule has 0 spiro atoms. The molecule has 0 bridgehead atoms. The standard InChI is InChI=1S/C9H6FN3O3/c10-7-5-6(1-2-8(7)13(15)16)12-4-3-11-9(12)14/h1-5H,(H,11,14). The maximum Gasteiger partial charge on any atom is 0.330 e. The lowest BCUT2D eigenvalue weighted by Crippen LogP contribution is -2.14. The number of imidazole rings is 1. The summed E-state index contributed by atoms with van der Waals surface area (Å²) in [6.07, 6.45) is 2.80. The summed E-state index contributed by atoms with van der Waals surface area (Å²) in [4.78, 5) is 23.1. The topological polar surface area (TPSA) is 80.9 Å². The molecule has 2 rings (SSSR count). The summed E-state index contributed by atoms with van der Waals surface area (Å²) >= 11 is 0. The second-order valence-electron chi connectivity index (χ2n) is 3.03. The molecule has 0 atom stereocenters. The van der Waals surface area contributed by atoms with Crippen LogP contribution in [-0.2, 0) is 0 Å². The van der Waals surface area contributed by atoms with Crippen molar-refractivity contribution in [2.45, 2.75) is 0 Å². The Morgan fingerprint density at radius 3 is 2.69 bits per heavy atom. The number of aromatic nitrogens is 2. The third kappa shape index (κ3) is 1.58. The zero-order valence-corrected chi connectivity index (χ0v) is 7.88. The molecule has 16 heavy (non-hydrogen) atoms. The summed E-state index contributed by atoms with van der Waals surface area (Å²) in [5, 5.41) is 10.4. The smallest absolute Gasteiger partial charge is 0.312 e. The van der Waals surface area contributed by atoms with E-state index in [0.717, 1.165) is 16.7 Å². The highest BCUT2D eigenvalue weighted by molar-refractivity contribution is 5.42. The normalized spacial score (nSPS) is 10.3. The van der Waals surface area contributed by atoms with Crippen LogP contribution < -0.4 is 5.69 Å². The van der Waals surface area contributed by atoms with E-state index < -0.39 is 22.1 Å². The molecule has 1 aromatic carbocycles. The van der Waals surface area contributed by atoms with Gasteiger partial charge in [-0.3, -0.25) is 14.7 Å². The van der Waals surface area contributed by atoms with E-state index in [2.05, 4.69) is 4.98 Å². The molecule has 0 amide bonds. The molecule has 1 heterocycles. The van der Waals surface area contributed by atoms with Gasteiger partial charge in [0.25, 0.3) is 0 Å². The largest absolute Gasteiger partial charge is 0.330 e. The van der Waals surface area contributed by atoms with Crippen molar-refractivity contribution in [1.82, 2.24) is 9.55 Å². The van der Waals surface area contributed by atoms with Crippen molar-refractivity contribution in [2.75, 3.05) is 0 Å². The summed E-state index contributed by atoms with van der Waals surface area (Å²) in [7, 11) is 0. The summed E-state index contributed by atoms with van der Waals surface area (Å²) in [5.41, 5.74) is -0.824. The van der Waals surface area contributed by atoms with Crippen molar-refractivity contribution in [1.29, 1.82) is 0 Å². The van der Waals surface area contributed by atoms with Crippen LogP contribution >= 0.6 is 0 Å². The third-order valence-electron chi connectivity index (χ3n) is 2.06. The molecule has 0 unspecified atom stereocenters. The van der Waals surface area contributed by atoms with Gasteiger partial charge in [0.1, 0.15) is 0 Å². The van der Waals surface area contributed by atoms with Crippen molar-refractivity contribution in [3.05, 3.63) is 57.0 Å². The molecule has 7 heteroatoms. The lowest BCUT2D eigenvalue weighted by Gasteiger charge is -2.00. The number of nitrogens with zero attached hydrogens (tertiary/aromatic N) is 2. The molecule has 0 aliphatic carbocycles. The van der Waals surface area contributed by atoms with Crippen LogP contribution in [-0.4, -0.2) is 14.5 Å². The van der Waals surface area contributed by atoms with Crippen LogP contribution in [0.2, 0.25) is 0 Å². The maximum absolute atomic E-state index is 13.3. The van der Waals surface area contributed by atoms with Gasteiger partial charge in [0, 0.05) is 24.5 Å². The quantitative estimate of drug-likeness (QED) is 0.613. The molecule has 0 saturated heterocycles. The van der Waals surface area contributed by atoms with E-state index in [4.69, 9.17) is 0 Å². The van der Waals surface area contributed by atoms with E-state index in [1.54, 1.807) is 0 Å². The van der Waals surface area contributed by atoms with Crippen LogP contribution in [0.5, 0.6) is 0 Å². The molecule has 0 aliphatic heterocycles. The Morgan fingerprint density at radius 1 is 1.44 bits per heavy atom. The number of nitro benzene ring substituents is 1. The lowest BCUT2D eigenvalue weighted by molar-refractivity contribution is -0.387. The fourth-order valence-electron chi connectivity index (χ4n) is 1.32. The van der Waals surface area contributed by atoms with Crippen molar-refractivity contribution in [3.8, 4) is 5.69 Å². The van der Waals surface area contributed by atoms with E-state index in [1.165, 1.54) is 18.5 Å². The number of benzene rings is 1. The Hall–Kier alpha value is -2.44. The van der Waals surface area contributed by atoms with Gasteiger partial charge in [-0.05, 0) is 6.07 Å². The third-order valence-corrected chi connectivity index (χ3v) is 2.06. The molecule has 82 valence electrons. The Morgan fingerprint density at radius 2 is 2.19 bits per heavy atom. The Labute approximate surface area is 88.1 Å². The van der Waals surface area contributed by atoms with E-state index in [1.807, 2.05) is 0 Å². The molecule has 1 N–H and O–H groups in total. The SMILES string of the molecule is O=c1[nH]ccn1-c1ccc([N+](=O)[O-])c(F)c1. The van der Waals surface area contributed by atoms with E-state index in [0.29, 0.717) is 0 Å². The summed E-state index contributed by atoms with van der Waals surface area (Å²) < 4.78 is 14.4. The Kier molecular flexibility index (Phi) is 2.28. The van der Waals surface area contributed by atoms with E-state index >= 15 is 0 Å². The van der Waals surface area contributed by atoms with Gasteiger partial charge in [-0.15, -0.1) is 0 Å².